The SMILES string of the molecule is Nc1ccc(NCC2CCSCC2)c2ncc(Br)cc12. The minimum absolute atomic E-state index is 0.772. The highest BCUT2D eigenvalue weighted by Crippen LogP contribution is 2.30. The molecule has 3 nitrogen and oxygen atoms in total. The Bertz CT molecular complexity index is 611. The second-order valence-corrected chi connectivity index (χ2v) is 7.33. The largest absolute Gasteiger partial charge is 0.398 e. The molecule has 1 aromatic heterocycles. The van der Waals surface area contributed by atoms with Crippen LogP contribution in [0.4, 0.5) is 11.4 Å². The predicted molar refractivity (Wildman–Crippen MR) is 92.4 cm³/mol. The van der Waals surface area contributed by atoms with Crippen molar-refractivity contribution in [2.75, 3.05) is 29.1 Å². The third-order valence-electron chi connectivity index (χ3n) is 3.77. The van der Waals surface area contributed by atoms with E-state index in [9.17, 15) is 0 Å². The summed E-state index contributed by atoms with van der Waals surface area (Å²) in [6.07, 6.45) is 4.44. The van der Waals surface area contributed by atoms with Gasteiger partial charge in [-0.1, -0.05) is 0 Å². The van der Waals surface area contributed by atoms with Gasteiger partial charge in [0.25, 0.3) is 0 Å². The van der Waals surface area contributed by atoms with Gasteiger partial charge in [-0.2, -0.15) is 11.8 Å². The van der Waals surface area contributed by atoms with Crippen LogP contribution in [-0.2, 0) is 0 Å². The van der Waals surface area contributed by atoms with Gasteiger partial charge in [-0.15, -0.1) is 0 Å². The Balaban J connectivity index is 1.82. The summed E-state index contributed by atoms with van der Waals surface area (Å²) >= 11 is 5.52. The number of fused-ring (bicyclic) bond motifs is 1. The van der Waals surface area contributed by atoms with Crippen LogP contribution in [0.15, 0.2) is 28.9 Å². The first-order valence-corrected chi connectivity index (χ1v) is 8.84. The highest BCUT2D eigenvalue weighted by Gasteiger charge is 2.14. The summed E-state index contributed by atoms with van der Waals surface area (Å²) in [6, 6.07) is 6.02. The van der Waals surface area contributed by atoms with Crippen molar-refractivity contribution in [2.45, 2.75) is 12.8 Å². The van der Waals surface area contributed by atoms with E-state index >= 15 is 0 Å². The first-order chi connectivity index (χ1) is 9.74. The molecule has 5 heteroatoms. The molecular weight excluding hydrogens is 334 g/mol. The monoisotopic (exact) mass is 351 g/mol. The molecule has 1 aromatic carbocycles. The molecule has 20 heavy (non-hydrogen) atoms. The average Bonchev–Trinajstić information content (AvgIpc) is 2.48. The molecule has 3 rings (SSSR count). The number of benzene rings is 1. The standard InChI is InChI=1S/C15H18BrN3S/c16-11-7-12-13(17)1-2-14(15(12)19-9-11)18-8-10-3-5-20-6-4-10/h1-2,7,9-10,18H,3-6,8,17H2. The number of nitrogens with two attached hydrogens (primary N) is 1. The van der Waals surface area contributed by atoms with Crippen LogP contribution < -0.4 is 11.1 Å². The highest BCUT2D eigenvalue weighted by atomic mass is 79.9. The molecule has 1 aliphatic rings. The van der Waals surface area contributed by atoms with E-state index in [1.807, 2.05) is 24.4 Å². The Morgan fingerprint density at radius 2 is 2.15 bits per heavy atom. The van der Waals surface area contributed by atoms with Crippen LogP contribution in [0.2, 0.25) is 0 Å². The number of anilines is 2. The molecule has 0 bridgehead atoms. The number of aromatic nitrogens is 1. The van der Waals surface area contributed by atoms with E-state index < -0.39 is 0 Å². The number of nitrogen functional groups attached to an aromatic ring is 1. The molecule has 3 N–H and O–H groups in total. The molecule has 0 aliphatic carbocycles. The minimum atomic E-state index is 0.772. The summed E-state index contributed by atoms with van der Waals surface area (Å²) < 4.78 is 0.957. The van der Waals surface area contributed by atoms with Gasteiger partial charge in [-0.25, -0.2) is 0 Å². The molecule has 2 heterocycles. The van der Waals surface area contributed by atoms with E-state index in [-0.39, 0.29) is 0 Å². The van der Waals surface area contributed by atoms with E-state index in [2.05, 4.69) is 38.0 Å². The van der Waals surface area contributed by atoms with Gasteiger partial charge in [0.15, 0.2) is 0 Å². The van der Waals surface area contributed by atoms with E-state index in [4.69, 9.17) is 5.73 Å². The molecule has 1 saturated heterocycles. The van der Waals surface area contributed by atoms with Crippen molar-refractivity contribution in [1.29, 1.82) is 0 Å². The molecule has 0 spiro atoms. The number of nitrogens with one attached hydrogen (secondary N) is 1. The first-order valence-electron chi connectivity index (χ1n) is 6.89. The Kier molecular flexibility index (Phi) is 4.36. The number of rotatable bonds is 3. The number of hydrogen-bond donors (Lipinski definition) is 2. The fourth-order valence-corrected chi connectivity index (χ4v) is 4.10. The van der Waals surface area contributed by atoms with Crippen LogP contribution in [0.25, 0.3) is 10.9 Å². The summed E-state index contributed by atoms with van der Waals surface area (Å²) in [5.74, 6) is 3.36. The fraction of sp³-hybridized carbons (Fsp3) is 0.400. The maximum atomic E-state index is 6.04. The Hall–Kier alpha value is -0.940. The minimum Gasteiger partial charge on any atom is -0.398 e. The Labute approximate surface area is 131 Å². The Morgan fingerprint density at radius 3 is 2.95 bits per heavy atom. The van der Waals surface area contributed by atoms with Crippen molar-refractivity contribution in [3.63, 3.8) is 0 Å². The van der Waals surface area contributed by atoms with Crippen LogP contribution >= 0.6 is 27.7 Å². The van der Waals surface area contributed by atoms with E-state index in [1.165, 1.54) is 24.3 Å². The zero-order valence-electron chi connectivity index (χ0n) is 11.2. The summed E-state index contributed by atoms with van der Waals surface area (Å²) in [4.78, 5) is 4.51. The van der Waals surface area contributed by atoms with Crippen molar-refractivity contribution < 1.29 is 0 Å². The van der Waals surface area contributed by atoms with Crippen molar-refractivity contribution in [3.05, 3.63) is 28.9 Å². The van der Waals surface area contributed by atoms with Crippen LogP contribution in [0.1, 0.15) is 12.8 Å². The van der Waals surface area contributed by atoms with Crippen molar-refractivity contribution in [3.8, 4) is 0 Å². The van der Waals surface area contributed by atoms with E-state index in [1.54, 1.807) is 0 Å². The van der Waals surface area contributed by atoms with Gasteiger partial charge in [0.2, 0.25) is 0 Å². The normalized spacial score (nSPS) is 16.4. The second-order valence-electron chi connectivity index (χ2n) is 5.19. The lowest BCUT2D eigenvalue weighted by Crippen LogP contribution is -2.19. The van der Waals surface area contributed by atoms with E-state index in [0.29, 0.717) is 0 Å². The van der Waals surface area contributed by atoms with Crippen molar-refractivity contribution in [2.24, 2.45) is 5.92 Å². The number of pyridine rings is 1. The smallest absolute Gasteiger partial charge is 0.0954 e. The zero-order chi connectivity index (χ0) is 13.9. The lowest BCUT2D eigenvalue weighted by atomic mass is 10.0. The van der Waals surface area contributed by atoms with Crippen molar-refractivity contribution >= 4 is 50.0 Å². The van der Waals surface area contributed by atoms with Crippen LogP contribution in [0.5, 0.6) is 0 Å². The molecule has 0 atom stereocenters. The maximum absolute atomic E-state index is 6.04. The van der Waals surface area contributed by atoms with Gasteiger partial charge in [-0.3, -0.25) is 4.98 Å². The predicted octanol–water partition coefficient (Wildman–Crippen LogP) is 4.13. The van der Waals surface area contributed by atoms with Gasteiger partial charge in [0.05, 0.1) is 11.2 Å². The van der Waals surface area contributed by atoms with Crippen LogP contribution in [-0.4, -0.2) is 23.0 Å². The molecule has 1 aliphatic heterocycles. The van der Waals surface area contributed by atoms with Gasteiger partial charge < -0.3 is 11.1 Å². The quantitative estimate of drug-likeness (QED) is 0.816. The number of halogens is 1. The third-order valence-corrected chi connectivity index (χ3v) is 5.25. The number of hydrogen-bond acceptors (Lipinski definition) is 4. The molecule has 106 valence electrons. The lowest BCUT2D eigenvalue weighted by molar-refractivity contribution is 0.516. The molecule has 0 saturated carbocycles. The number of nitrogens with zero attached hydrogens (tertiary/aromatic N) is 1. The van der Waals surface area contributed by atoms with Gasteiger partial charge in [0, 0.05) is 28.3 Å². The van der Waals surface area contributed by atoms with E-state index in [0.717, 1.165) is 39.2 Å². The fourth-order valence-electron chi connectivity index (χ4n) is 2.56. The summed E-state index contributed by atoms with van der Waals surface area (Å²) in [5.41, 5.74) is 8.85. The summed E-state index contributed by atoms with van der Waals surface area (Å²) in [6.45, 7) is 1.03. The van der Waals surface area contributed by atoms with Crippen molar-refractivity contribution in [1.82, 2.24) is 4.98 Å². The van der Waals surface area contributed by atoms with Gasteiger partial charge >= 0.3 is 0 Å². The summed E-state index contributed by atoms with van der Waals surface area (Å²) in [5, 5.41) is 4.56. The molecule has 0 amide bonds. The maximum Gasteiger partial charge on any atom is 0.0954 e. The molecule has 0 unspecified atom stereocenters. The molecular formula is C15H18BrN3S. The number of thioether (sulfide) groups is 1. The van der Waals surface area contributed by atoms with Crippen LogP contribution in [0, 0.1) is 5.92 Å². The molecule has 2 aromatic rings. The zero-order valence-corrected chi connectivity index (χ0v) is 13.6. The highest BCUT2D eigenvalue weighted by molar-refractivity contribution is 9.10. The second kappa shape index (κ2) is 6.22. The summed E-state index contributed by atoms with van der Waals surface area (Å²) in [7, 11) is 0. The van der Waals surface area contributed by atoms with Crippen LogP contribution in [0.3, 0.4) is 0 Å². The first kappa shape index (κ1) is 14.0. The lowest BCUT2D eigenvalue weighted by Gasteiger charge is -2.22. The average molecular weight is 352 g/mol. The van der Waals surface area contributed by atoms with Gasteiger partial charge in [0.1, 0.15) is 0 Å². The Morgan fingerprint density at radius 1 is 1.35 bits per heavy atom. The van der Waals surface area contributed by atoms with Gasteiger partial charge in [-0.05, 0) is 64.4 Å². The third kappa shape index (κ3) is 3.04. The molecule has 0 radical (unpaired) electrons. The molecule has 1 fully saturated rings. The topological polar surface area (TPSA) is 50.9 Å².